The highest BCUT2D eigenvalue weighted by Crippen LogP contribution is 2.20. The van der Waals surface area contributed by atoms with E-state index < -0.39 is 0 Å². The van der Waals surface area contributed by atoms with Gasteiger partial charge in [0.25, 0.3) is 0 Å². The number of benzene rings is 1. The van der Waals surface area contributed by atoms with E-state index >= 15 is 0 Å². The number of rotatable bonds is 5. The molecule has 3 amide bonds. The van der Waals surface area contributed by atoms with E-state index in [-0.39, 0.29) is 30.2 Å². The number of carbonyl (C=O) groups excluding carboxylic acids is 3. The molecule has 1 fully saturated rings. The van der Waals surface area contributed by atoms with Crippen LogP contribution in [-0.4, -0.2) is 35.2 Å². The minimum atomic E-state index is -0.378. The quantitative estimate of drug-likeness (QED) is 0.808. The maximum atomic E-state index is 12.4. The zero-order valence-electron chi connectivity index (χ0n) is 13.8. The molecule has 0 aliphatic carbocycles. The third-order valence-corrected chi connectivity index (χ3v) is 4.00. The lowest BCUT2D eigenvalue weighted by Gasteiger charge is -2.34. The van der Waals surface area contributed by atoms with Crippen molar-refractivity contribution in [2.45, 2.75) is 38.6 Å². The second-order valence-electron chi connectivity index (χ2n) is 5.99. The van der Waals surface area contributed by atoms with Gasteiger partial charge in [-0.25, -0.2) is 0 Å². The lowest BCUT2D eigenvalue weighted by Crippen LogP contribution is -2.44. The standard InChI is InChI=1S/C18H23N3O3/c1-13(22)20-15-8-5-14(6-9-15)7-10-18(24)21-11-3-2-4-16(21)12-17(19)23/h5-10,16H,2-4,11-12H2,1H3,(H2,19,23)(H,20,22)/b10-7+/t16-/m1/s1. The Balaban J connectivity index is 2.00. The van der Waals surface area contributed by atoms with E-state index in [9.17, 15) is 14.4 Å². The summed E-state index contributed by atoms with van der Waals surface area (Å²) in [7, 11) is 0. The van der Waals surface area contributed by atoms with Crippen LogP contribution in [0.15, 0.2) is 30.3 Å². The van der Waals surface area contributed by atoms with Crippen molar-refractivity contribution in [1.82, 2.24) is 4.90 Å². The first kappa shape index (κ1) is 17.7. The van der Waals surface area contributed by atoms with Crippen LogP contribution in [0.3, 0.4) is 0 Å². The fourth-order valence-electron chi connectivity index (χ4n) is 2.88. The Kier molecular flexibility index (Phi) is 6.12. The van der Waals surface area contributed by atoms with Gasteiger partial charge in [0.1, 0.15) is 0 Å². The molecule has 128 valence electrons. The molecule has 0 bridgehead atoms. The molecule has 1 aromatic rings. The largest absolute Gasteiger partial charge is 0.370 e. The van der Waals surface area contributed by atoms with Gasteiger partial charge in [0.05, 0.1) is 0 Å². The average molecular weight is 329 g/mol. The van der Waals surface area contributed by atoms with Crippen LogP contribution >= 0.6 is 0 Å². The average Bonchev–Trinajstić information content (AvgIpc) is 2.53. The highest BCUT2D eigenvalue weighted by molar-refractivity contribution is 5.93. The summed E-state index contributed by atoms with van der Waals surface area (Å²) in [6.07, 6.45) is 6.23. The van der Waals surface area contributed by atoms with Crippen molar-refractivity contribution >= 4 is 29.5 Å². The van der Waals surface area contributed by atoms with Gasteiger partial charge in [-0.3, -0.25) is 14.4 Å². The fraction of sp³-hybridized carbons (Fsp3) is 0.389. The summed E-state index contributed by atoms with van der Waals surface area (Å²) in [5.41, 5.74) is 6.85. The Morgan fingerprint density at radius 3 is 2.58 bits per heavy atom. The number of hydrogen-bond donors (Lipinski definition) is 2. The minimum absolute atomic E-state index is 0.101. The fourth-order valence-corrected chi connectivity index (χ4v) is 2.88. The summed E-state index contributed by atoms with van der Waals surface area (Å²) < 4.78 is 0. The number of piperidine rings is 1. The van der Waals surface area contributed by atoms with Crippen molar-refractivity contribution in [1.29, 1.82) is 0 Å². The van der Waals surface area contributed by atoms with E-state index in [0.717, 1.165) is 24.8 Å². The molecule has 1 atom stereocenters. The SMILES string of the molecule is CC(=O)Nc1ccc(/C=C/C(=O)N2CCCC[C@@H]2CC(N)=O)cc1. The first-order chi connectivity index (χ1) is 11.5. The van der Waals surface area contributed by atoms with Gasteiger partial charge in [0, 0.05) is 37.7 Å². The summed E-state index contributed by atoms with van der Waals surface area (Å²) in [4.78, 5) is 36.3. The number of nitrogens with two attached hydrogens (primary N) is 1. The monoisotopic (exact) mass is 329 g/mol. The second kappa shape index (κ2) is 8.29. The molecule has 0 unspecified atom stereocenters. The molecule has 0 aromatic heterocycles. The predicted octanol–water partition coefficient (Wildman–Crippen LogP) is 1.91. The molecule has 6 nitrogen and oxygen atoms in total. The summed E-state index contributed by atoms with van der Waals surface area (Å²) in [5.74, 6) is -0.608. The van der Waals surface area contributed by atoms with E-state index in [1.165, 1.54) is 13.0 Å². The summed E-state index contributed by atoms with van der Waals surface area (Å²) in [6.45, 7) is 2.11. The van der Waals surface area contributed by atoms with Crippen LogP contribution in [-0.2, 0) is 14.4 Å². The first-order valence-corrected chi connectivity index (χ1v) is 8.10. The Labute approximate surface area is 141 Å². The molecule has 1 heterocycles. The number of nitrogens with one attached hydrogen (secondary N) is 1. The minimum Gasteiger partial charge on any atom is -0.370 e. The highest BCUT2D eigenvalue weighted by Gasteiger charge is 2.26. The van der Waals surface area contributed by atoms with Gasteiger partial charge in [-0.15, -0.1) is 0 Å². The molecule has 3 N–H and O–H groups in total. The van der Waals surface area contributed by atoms with Gasteiger partial charge >= 0.3 is 0 Å². The number of nitrogens with zero attached hydrogens (tertiary/aromatic N) is 1. The third kappa shape index (κ3) is 5.22. The van der Waals surface area contributed by atoms with Crippen molar-refractivity contribution in [2.75, 3.05) is 11.9 Å². The molecule has 1 aromatic carbocycles. The molecule has 24 heavy (non-hydrogen) atoms. The Hall–Kier alpha value is -2.63. The number of primary amides is 1. The van der Waals surface area contributed by atoms with Crippen molar-refractivity contribution in [2.24, 2.45) is 5.73 Å². The number of anilines is 1. The Morgan fingerprint density at radius 1 is 1.25 bits per heavy atom. The maximum Gasteiger partial charge on any atom is 0.246 e. The van der Waals surface area contributed by atoms with Crippen molar-refractivity contribution in [3.8, 4) is 0 Å². The highest BCUT2D eigenvalue weighted by atomic mass is 16.2. The van der Waals surface area contributed by atoms with Crippen molar-refractivity contribution < 1.29 is 14.4 Å². The first-order valence-electron chi connectivity index (χ1n) is 8.10. The summed E-state index contributed by atoms with van der Waals surface area (Å²) in [6, 6.07) is 7.11. The molecular formula is C18H23N3O3. The van der Waals surface area contributed by atoms with Crippen LogP contribution in [0.25, 0.3) is 6.08 Å². The molecule has 1 aliphatic rings. The lowest BCUT2D eigenvalue weighted by molar-refractivity contribution is -0.131. The maximum absolute atomic E-state index is 12.4. The normalized spacial score (nSPS) is 17.7. The molecular weight excluding hydrogens is 306 g/mol. The molecule has 1 saturated heterocycles. The van der Waals surface area contributed by atoms with Gasteiger partial charge in [-0.2, -0.15) is 0 Å². The van der Waals surface area contributed by atoms with Gasteiger partial charge in [0.15, 0.2) is 0 Å². The summed E-state index contributed by atoms with van der Waals surface area (Å²) in [5, 5.41) is 2.69. The lowest BCUT2D eigenvalue weighted by atomic mass is 9.99. The second-order valence-corrected chi connectivity index (χ2v) is 5.99. The molecule has 1 aliphatic heterocycles. The van der Waals surface area contributed by atoms with Crippen LogP contribution in [0.1, 0.15) is 38.2 Å². The van der Waals surface area contributed by atoms with Crippen LogP contribution in [0.4, 0.5) is 5.69 Å². The van der Waals surface area contributed by atoms with Crippen LogP contribution in [0, 0.1) is 0 Å². The third-order valence-electron chi connectivity index (χ3n) is 4.00. The van der Waals surface area contributed by atoms with E-state index in [0.29, 0.717) is 12.2 Å². The van der Waals surface area contributed by atoms with Crippen molar-refractivity contribution in [3.05, 3.63) is 35.9 Å². The van der Waals surface area contributed by atoms with Gasteiger partial charge in [0.2, 0.25) is 17.7 Å². The molecule has 0 radical (unpaired) electrons. The van der Waals surface area contributed by atoms with Gasteiger partial charge in [-0.05, 0) is 43.0 Å². The van der Waals surface area contributed by atoms with Gasteiger partial charge in [-0.1, -0.05) is 12.1 Å². The predicted molar refractivity (Wildman–Crippen MR) is 92.9 cm³/mol. The van der Waals surface area contributed by atoms with Gasteiger partial charge < -0.3 is 16.0 Å². The number of likely N-dealkylation sites (tertiary alicyclic amines) is 1. The number of hydrogen-bond acceptors (Lipinski definition) is 3. The number of amides is 3. The van der Waals surface area contributed by atoms with E-state index in [1.807, 2.05) is 12.1 Å². The van der Waals surface area contributed by atoms with Crippen LogP contribution < -0.4 is 11.1 Å². The molecule has 0 saturated carbocycles. The Bertz CT molecular complexity index is 637. The Morgan fingerprint density at radius 2 is 1.96 bits per heavy atom. The number of carbonyl (C=O) groups is 3. The van der Waals surface area contributed by atoms with Crippen LogP contribution in [0.5, 0.6) is 0 Å². The molecule has 2 rings (SSSR count). The topological polar surface area (TPSA) is 92.5 Å². The molecule has 0 spiro atoms. The van der Waals surface area contributed by atoms with E-state index in [1.54, 1.807) is 23.1 Å². The van der Waals surface area contributed by atoms with Crippen molar-refractivity contribution in [3.63, 3.8) is 0 Å². The van der Waals surface area contributed by atoms with E-state index in [2.05, 4.69) is 5.32 Å². The smallest absolute Gasteiger partial charge is 0.246 e. The zero-order valence-corrected chi connectivity index (χ0v) is 13.8. The zero-order chi connectivity index (χ0) is 17.5. The summed E-state index contributed by atoms with van der Waals surface area (Å²) >= 11 is 0. The van der Waals surface area contributed by atoms with E-state index in [4.69, 9.17) is 5.73 Å². The van der Waals surface area contributed by atoms with Crippen LogP contribution in [0.2, 0.25) is 0 Å². The molecule has 6 heteroatoms.